The summed E-state index contributed by atoms with van der Waals surface area (Å²) in [5.41, 5.74) is -1.10. The fourth-order valence-electron chi connectivity index (χ4n) is 7.19. The number of carbonyl (C=O) groups is 4. The summed E-state index contributed by atoms with van der Waals surface area (Å²) in [6.07, 6.45) is 9.62. The van der Waals surface area contributed by atoms with Gasteiger partial charge in [0.1, 0.15) is 17.7 Å². The summed E-state index contributed by atoms with van der Waals surface area (Å²) in [5, 5.41) is 12.3. The molecule has 0 unspecified atom stereocenters. The van der Waals surface area contributed by atoms with Crippen LogP contribution in [0.4, 0.5) is 0 Å². The van der Waals surface area contributed by atoms with E-state index in [4.69, 9.17) is 9.47 Å². The molecule has 3 aliphatic heterocycles. The number of carbonyl (C=O) groups excluding carboxylic acids is 4. The Morgan fingerprint density at radius 2 is 1.98 bits per heavy atom. The predicted octanol–water partition coefficient (Wildman–Crippen LogP) is 2.10. The lowest BCUT2D eigenvalue weighted by molar-refractivity contribution is -0.159. The third kappa shape index (κ3) is 5.84. The Hall–Kier alpha value is -2.72. The quantitative estimate of drug-likeness (QED) is 0.247. The van der Waals surface area contributed by atoms with Gasteiger partial charge in [0.25, 0.3) is 0 Å². The molecule has 10 heteroatoms. The van der Waals surface area contributed by atoms with Gasteiger partial charge in [-0.1, -0.05) is 31.4 Å². The van der Waals surface area contributed by atoms with Gasteiger partial charge in [0.15, 0.2) is 0 Å². The van der Waals surface area contributed by atoms with E-state index in [-0.39, 0.29) is 43.5 Å². The molecule has 6 atom stereocenters. The van der Waals surface area contributed by atoms with E-state index in [1.54, 1.807) is 24.0 Å². The number of rotatable bonds is 14. The number of amides is 3. The molecule has 4 fully saturated rings. The highest BCUT2D eigenvalue weighted by atomic mass is 16.6. The largest absolute Gasteiger partial charge is 0.460 e. The molecule has 0 aromatic heterocycles. The number of likely N-dealkylation sites (tertiary alicyclic amines) is 1. The normalized spacial score (nSPS) is 30.1. The molecule has 1 spiro atoms. The zero-order valence-electron chi connectivity index (χ0n) is 23.7. The molecule has 40 heavy (non-hydrogen) atoms. The summed E-state index contributed by atoms with van der Waals surface area (Å²) in [5.74, 6) is -2.79. The maximum absolute atomic E-state index is 14.3. The van der Waals surface area contributed by atoms with Crippen LogP contribution in [-0.2, 0) is 28.7 Å². The van der Waals surface area contributed by atoms with Crippen LogP contribution < -0.4 is 5.32 Å². The first-order valence-corrected chi connectivity index (χ1v) is 14.9. The molecule has 1 aliphatic carbocycles. The first-order chi connectivity index (χ1) is 19.3. The Morgan fingerprint density at radius 3 is 2.65 bits per heavy atom. The monoisotopic (exact) mass is 559 g/mol. The summed E-state index contributed by atoms with van der Waals surface area (Å²) in [4.78, 5) is 57.1. The van der Waals surface area contributed by atoms with E-state index in [0.29, 0.717) is 38.6 Å². The van der Waals surface area contributed by atoms with Crippen LogP contribution in [0.2, 0.25) is 0 Å². The zero-order chi connectivity index (χ0) is 28.9. The number of allylic oxidation sites excluding steroid dienone is 1. The molecule has 10 nitrogen and oxygen atoms in total. The van der Waals surface area contributed by atoms with Crippen molar-refractivity contribution in [2.45, 2.75) is 101 Å². The van der Waals surface area contributed by atoms with Crippen LogP contribution in [0.25, 0.3) is 0 Å². The summed E-state index contributed by atoms with van der Waals surface area (Å²) in [7, 11) is 0. The molecule has 4 rings (SSSR count). The van der Waals surface area contributed by atoms with Crippen molar-refractivity contribution in [2.24, 2.45) is 11.8 Å². The smallest absolute Gasteiger partial charge is 0.312 e. The van der Waals surface area contributed by atoms with Crippen molar-refractivity contribution in [1.82, 2.24) is 15.1 Å². The number of aliphatic hydroxyl groups excluding tert-OH is 1. The molecule has 2 bridgehead atoms. The number of hydrogen-bond acceptors (Lipinski definition) is 7. The second-order valence-electron chi connectivity index (χ2n) is 11.6. The third-order valence-electron chi connectivity index (χ3n) is 8.97. The van der Waals surface area contributed by atoms with Crippen molar-refractivity contribution in [2.75, 3.05) is 26.2 Å². The molecule has 222 valence electrons. The number of nitrogens with zero attached hydrogens (tertiary/aromatic N) is 2. The SMILES string of the molecule is C=CCCC(=O)NC[C@H](C)OC(=O)[C@@H]1[C@H]2C(=O)N(CCCO)[C@H](C(=O)N(CC=C)C3CCCCC3)[C@]23CC[C@H]1O3. The Balaban J connectivity index is 1.54. The molecule has 2 N–H and O–H groups in total. The van der Waals surface area contributed by atoms with Gasteiger partial charge in [0.05, 0.1) is 24.5 Å². The number of esters is 1. The van der Waals surface area contributed by atoms with E-state index in [1.165, 1.54) is 0 Å². The molecule has 0 aromatic carbocycles. The lowest BCUT2D eigenvalue weighted by Gasteiger charge is -2.40. The van der Waals surface area contributed by atoms with Gasteiger partial charge in [-0.3, -0.25) is 19.2 Å². The highest BCUT2D eigenvalue weighted by Crippen LogP contribution is 2.59. The van der Waals surface area contributed by atoms with Gasteiger partial charge in [-0.25, -0.2) is 0 Å². The van der Waals surface area contributed by atoms with Crippen LogP contribution in [-0.4, -0.2) is 94.7 Å². The molecular weight excluding hydrogens is 514 g/mol. The van der Waals surface area contributed by atoms with Crippen molar-refractivity contribution >= 4 is 23.7 Å². The van der Waals surface area contributed by atoms with Crippen LogP contribution in [0.15, 0.2) is 25.3 Å². The molecule has 3 amide bonds. The van der Waals surface area contributed by atoms with Crippen LogP contribution in [0, 0.1) is 11.8 Å². The van der Waals surface area contributed by atoms with Gasteiger partial charge in [0.2, 0.25) is 17.7 Å². The van der Waals surface area contributed by atoms with Crippen molar-refractivity contribution in [3.63, 3.8) is 0 Å². The first-order valence-electron chi connectivity index (χ1n) is 14.9. The van der Waals surface area contributed by atoms with E-state index in [1.807, 2.05) is 4.90 Å². The lowest BCUT2D eigenvalue weighted by atomic mass is 9.70. The second-order valence-corrected chi connectivity index (χ2v) is 11.6. The minimum Gasteiger partial charge on any atom is -0.460 e. The van der Waals surface area contributed by atoms with Gasteiger partial charge < -0.3 is 29.7 Å². The Morgan fingerprint density at radius 1 is 1.23 bits per heavy atom. The van der Waals surface area contributed by atoms with Crippen molar-refractivity contribution in [3.8, 4) is 0 Å². The maximum Gasteiger partial charge on any atom is 0.312 e. The molecular formula is C30H45N3O7. The van der Waals surface area contributed by atoms with Crippen LogP contribution >= 0.6 is 0 Å². The fraction of sp³-hybridized carbons (Fsp3) is 0.733. The van der Waals surface area contributed by atoms with Crippen LogP contribution in [0.5, 0.6) is 0 Å². The Labute approximate surface area is 237 Å². The van der Waals surface area contributed by atoms with E-state index < -0.39 is 41.7 Å². The average Bonchev–Trinajstić information content (AvgIpc) is 3.60. The minimum absolute atomic E-state index is 0.0754. The highest BCUT2D eigenvalue weighted by Gasteiger charge is 2.75. The van der Waals surface area contributed by atoms with Crippen molar-refractivity contribution in [3.05, 3.63) is 25.3 Å². The second kappa shape index (κ2) is 13.3. The van der Waals surface area contributed by atoms with Crippen molar-refractivity contribution < 1.29 is 33.8 Å². The summed E-state index contributed by atoms with van der Waals surface area (Å²) in [6, 6.07) is -0.783. The number of aliphatic hydroxyl groups is 1. The van der Waals surface area contributed by atoms with Gasteiger partial charge in [-0.15, -0.1) is 13.2 Å². The Bertz CT molecular complexity index is 980. The van der Waals surface area contributed by atoms with Crippen LogP contribution in [0.3, 0.4) is 0 Å². The van der Waals surface area contributed by atoms with Gasteiger partial charge >= 0.3 is 5.97 Å². The molecule has 4 aliphatic rings. The molecule has 3 heterocycles. The minimum atomic E-state index is -1.10. The van der Waals surface area contributed by atoms with Gasteiger partial charge in [-0.2, -0.15) is 0 Å². The standard InChI is InChI=1S/C30H45N3O7/c1-4-6-13-23(35)31-19-20(3)39-29(38)24-22-14-15-30(40-22)25(24)27(36)33(17-10-18-34)26(30)28(37)32(16-5-2)21-11-8-7-9-12-21/h4-5,20-22,24-26,34H,1-2,6-19H2,3H3,(H,31,35)/t20-,22+,24-,25-,26+,30-/m0/s1. The summed E-state index contributed by atoms with van der Waals surface area (Å²) < 4.78 is 12.2. The summed E-state index contributed by atoms with van der Waals surface area (Å²) >= 11 is 0. The van der Waals surface area contributed by atoms with Crippen molar-refractivity contribution in [1.29, 1.82) is 0 Å². The fourth-order valence-corrected chi connectivity index (χ4v) is 7.19. The number of nitrogens with one attached hydrogen (secondary N) is 1. The maximum atomic E-state index is 14.3. The average molecular weight is 560 g/mol. The van der Waals surface area contributed by atoms with E-state index in [9.17, 15) is 24.3 Å². The number of ether oxygens (including phenoxy) is 2. The molecule has 0 aromatic rings. The van der Waals surface area contributed by atoms with Gasteiger partial charge in [0, 0.05) is 32.2 Å². The topological polar surface area (TPSA) is 125 Å². The van der Waals surface area contributed by atoms with E-state index >= 15 is 0 Å². The lowest BCUT2D eigenvalue weighted by Crippen LogP contribution is -2.58. The van der Waals surface area contributed by atoms with E-state index in [0.717, 1.165) is 32.1 Å². The van der Waals surface area contributed by atoms with Crippen LogP contribution in [0.1, 0.15) is 71.1 Å². The first kappa shape index (κ1) is 30.2. The van der Waals surface area contributed by atoms with E-state index in [2.05, 4.69) is 18.5 Å². The number of hydrogen-bond donors (Lipinski definition) is 2. The number of fused-ring (bicyclic) bond motifs is 1. The highest BCUT2D eigenvalue weighted by molar-refractivity contribution is 5.98. The summed E-state index contributed by atoms with van der Waals surface area (Å²) in [6.45, 7) is 9.81. The predicted molar refractivity (Wildman–Crippen MR) is 148 cm³/mol. The molecule has 3 saturated heterocycles. The van der Waals surface area contributed by atoms with Gasteiger partial charge in [-0.05, 0) is 45.4 Å². The molecule has 0 radical (unpaired) electrons. The molecule has 1 saturated carbocycles. The third-order valence-corrected chi connectivity index (χ3v) is 8.97. The zero-order valence-corrected chi connectivity index (χ0v) is 23.7. The Kier molecular flexibility index (Phi) is 10.1.